The summed E-state index contributed by atoms with van der Waals surface area (Å²) < 4.78 is 40.2. The zero-order valence-corrected chi connectivity index (χ0v) is 12.9. The van der Waals surface area contributed by atoms with Gasteiger partial charge in [0, 0.05) is 38.2 Å². The van der Waals surface area contributed by atoms with E-state index in [2.05, 4.69) is 31.2 Å². The molecule has 2 aromatic rings. The molecule has 0 aromatic carbocycles. The third kappa shape index (κ3) is 3.59. The number of rotatable bonds is 4. The summed E-state index contributed by atoms with van der Waals surface area (Å²) in [5.74, 6) is 2.80. The second-order valence-electron chi connectivity index (χ2n) is 5.71. The molecule has 0 spiro atoms. The van der Waals surface area contributed by atoms with Crippen LogP contribution in [-0.4, -0.2) is 50.2 Å². The average Bonchev–Trinajstić information content (AvgIpc) is 3.02. The Morgan fingerprint density at radius 3 is 2.75 bits per heavy atom. The van der Waals surface area contributed by atoms with E-state index < -0.39 is 11.9 Å². The van der Waals surface area contributed by atoms with E-state index in [1.165, 1.54) is 10.8 Å². The van der Waals surface area contributed by atoms with Crippen LogP contribution in [-0.2, 0) is 6.18 Å². The monoisotopic (exact) mass is 338 g/mol. The minimum atomic E-state index is -4.53. The van der Waals surface area contributed by atoms with Crippen molar-refractivity contribution >= 4 is 11.6 Å². The maximum atomic E-state index is 13.0. The minimum Gasteiger partial charge on any atom is -0.367 e. The fourth-order valence-electron chi connectivity index (χ4n) is 2.79. The molecule has 3 heterocycles. The zero-order chi connectivity index (χ0) is 17.2. The van der Waals surface area contributed by atoms with Crippen molar-refractivity contribution in [3.05, 3.63) is 18.1 Å². The van der Waals surface area contributed by atoms with Crippen LogP contribution < -0.4 is 5.32 Å². The number of anilines is 1. The van der Waals surface area contributed by atoms with Gasteiger partial charge in [-0.1, -0.05) is 0 Å². The lowest BCUT2D eigenvalue weighted by Gasteiger charge is -2.32. The molecule has 0 radical (unpaired) electrons. The van der Waals surface area contributed by atoms with Crippen molar-refractivity contribution in [2.24, 2.45) is 0 Å². The second kappa shape index (κ2) is 6.65. The number of likely N-dealkylation sites (tertiary alicyclic amines) is 1. The number of nitrogens with one attached hydrogen (secondary N) is 1. The fraction of sp³-hybridized carbons (Fsp3) is 0.533. The van der Waals surface area contributed by atoms with E-state index in [4.69, 9.17) is 6.42 Å². The lowest BCUT2D eigenvalue weighted by molar-refractivity contribution is -0.141. The van der Waals surface area contributed by atoms with E-state index in [1.54, 1.807) is 0 Å². The second-order valence-corrected chi connectivity index (χ2v) is 5.71. The predicted octanol–water partition coefficient (Wildman–Crippen LogP) is 2.04. The number of terminal acetylenes is 1. The molecule has 1 aliphatic rings. The Morgan fingerprint density at radius 2 is 2.08 bits per heavy atom. The summed E-state index contributed by atoms with van der Waals surface area (Å²) in [7, 11) is 0. The molecule has 3 rings (SSSR count). The Morgan fingerprint density at radius 1 is 1.33 bits per heavy atom. The Kier molecular flexibility index (Phi) is 4.57. The number of aromatic nitrogens is 4. The van der Waals surface area contributed by atoms with Crippen molar-refractivity contribution in [3.63, 3.8) is 0 Å². The largest absolute Gasteiger partial charge is 0.433 e. The van der Waals surface area contributed by atoms with Crippen molar-refractivity contribution in [1.29, 1.82) is 0 Å². The summed E-state index contributed by atoms with van der Waals surface area (Å²) in [4.78, 5) is 9.53. The number of alkyl halides is 3. The van der Waals surface area contributed by atoms with Crippen LogP contribution in [0.4, 0.5) is 19.0 Å². The highest BCUT2D eigenvalue weighted by molar-refractivity contribution is 5.46. The van der Waals surface area contributed by atoms with Crippen LogP contribution in [0.25, 0.3) is 5.78 Å². The molecular weight excluding hydrogens is 321 g/mol. The van der Waals surface area contributed by atoms with Crippen molar-refractivity contribution in [2.75, 3.05) is 25.0 Å². The molecular formula is C15H17F3N6. The first kappa shape index (κ1) is 16.5. The number of piperidine rings is 1. The summed E-state index contributed by atoms with van der Waals surface area (Å²) in [5.41, 5.74) is -0.975. The quantitative estimate of drug-likeness (QED) is 0.865. The van der Waals surface area contributed by atoms with E-state index in [0.29, 0.717) is 6.42 Å². The third-order valence-corrected chi connectivity index (χ3v) is 4.05. The van der Waals surface area contributed by atoms with E-state index in [0.717, 1.165) is 38.5 Å². The molecule has 128 valence electrons. The fourth-order valence-corrected chi connectivity index (χ4v) is 2.79. The Labute approximate surface area is 137 Å². The van der Waals surface area contributed by atoms with E-state index in [1.807, 2.05) is 0 Å². The van der Waals surface area contributed by atoms with Crippen LogP contribution in [0.15, 0.2) is 12.4 Å². The zero-order valence-electron chi connectivity index (χ0n) is 12.9. The molecule has 0 aliphatic carbocycles. The molecule has 0 saturated carbocycles. The first-order valence-electron chi connectivity index (χ1n) is 7.67. The summed E-state index contributed by atoms with van der Waals surface area (Å²) in [6.07, 6.45) is 4.28. The highest BCUT2D eigenvalue weighted by atomic mass is 19.4. The van der Waals surface area contributed by atoms with Crippen molar-refractivity contribution in [2.45, 2.75) is 31.5 Å². The van der Waals surface area contributed by atoms with Crippen molar-refractivity contribution in [3.8, 4) is 12.3 Å². The van der Waals surface area contributed by atoms with Crippen molar-refractivity contribution < 1.29 is 13.2 Å². The lowest BCUT2D eigenvalue weighted by Crippen LogP contribution is -2.39. The number of halogens is 3. The van der Waals surface area contributed by atoms with Crippen LogP contribution in [0.2, 0.25) is 0 Å². The molecule has 24 heavy (non-hydrogen) atoms. The summed E-state index contributed by atoms with van der Waals surface area (Å²) in [5, 5.41) is 7.10. The van der Waals surface area contributed by atoms with Gasteiger partial charge in [0.05, 0.1) is 0 Å². The average molecular weight is 338 g/mol. The van der Waals surface area contributed by atoms with Crippen LogP contribution in [0.1, 0.15) is 25.0 Å². The highest BCUT2D eigenvalue weighted by Gasteiger charge is 2.34. The van der Waals surface area contributed by atoms with Gasteiger partial charge in [0.25, 0.3) is 5.78 Å². The van der Waals surface area contributed by atoms with Gasteiger partial charge < -0.3 is 10.2 Å². The normalized spacial score (nSPS) is 17.1. The third-order valence-electron chi connectivity index (χ3n) is 4.05. The summed E-state index contributed by atoms with van der Waals surface area (Å²) >= 11 is 0. The van der Waals surface area contributed by atoms with Gasteiger partial charge in [-0.25, -0.2) is 4.98 Å². The molecule has 1 N–H and O–H groups in total. The van der Waals surface area contributed by atoms with Gasteiger partial charge in [-0.05, 0) is 12.8 Å². The maximum absolute atomic E-state index is 13.0. The van der Waals surface area contributed by atoms with Crippen molar-refractivity contribution in [1.82, 2.24) is 24.5 Å². The van der Waals surface area contributed by atoms with Gasteiger partial charge >= 0.3 is 6.18 Å². The molecule has 0 unspecified atom stereocenters. The smallest absolute Gasteiger partial charge is 0.367 e. The van der Waals surface area contributed by atoms with Crippen LogP contribution in [0.5, 0.6) is 0 Å². The highest BCUT2D eigenvalue weighted by Crippen LogP contribution is 2.30. The first-order valence-corrected chi connectivity index (χ1v) is 7.67. The molecule has 1 aliphatic heterocycles. The van der Waals surface area contributed by atoms with Gasteiger partial charge in [-0.2, -0.15) is 27.8 Å². The maximum Gasteiger partial charge on any atom is 0.433 e. The summed E-state index contributed by atoms with van der Waals surface area (Å²) in [6, 6.07) is 1.05. The molecule has 0 bridgehead atoms. The van der Waals surface area contributed by atoms with Gasteiger partial charge in [0.2, 0.25) is 0 Å². The number of hydrogen-bond acceptors (Lipinski definition) is 5. The Hall–Kier alpha value is -2.34. The lowest BCUT2D eigenvalue weighted by atomic mass is 10.0. The van der Waals surface area contributed by atoms with Gasteiger partial charge in [0.15, 0.2) is 5.69 Å². The number of nitrogens with zero attached hydrogens (tertiary/aromatic N) is 5. The molecule has 0 atom stereocenters. The molecule has 1 fully saturated rings. The van der Waals surface area contributed by atoms with E-state index >= 15 is 0 Å². The molecule has 9 heteroatoms. The van der Waals surface area contributed by atoms with E-state index in [9.17, 15) is 13.2 Å². The van der Waals surface area contributed by atoms with Crippen LogP contribution in [0, 0.1) is 12.3 Å². The minimum absolute atomic E-state index is 0.0706. The van der Waals surface area contributed by atoms with Crippen LogP contribution >= 0.6 is 0 Å². The predicted molar refractivity (Wildman–Crippen MR) is 82.3 cm³/mol. The number of fused-ring (bicyclic) bond motifs is 1. The Bertz CT molecular complexity index is 740. The van der Waals surface area contributed by atoms with E-state index in [-0.39, 0.29) is 17.6 Å². The topological polar surface area (TPSA) is 58.3 Å². The summed E-state index contributed by atoms with van der Waals surface area (Å²) in [6.45, 7) is 2.57. The number of hydrogen-bond donors (Lipinski definition) is 1. The Balaban J connectivity index is 1.74. The van der Waals surface area contributed by atoms with Crippen LogP contribution in [0.3, 0.4) is 0 Å². The van der Waals surface area contributed by atoms with Gasteiger partial charge in [-0.15, -0.1) is 12.3 Å². The molecule has 0 amide bonds. The SMILES string of the molecule is C#CCCN1CCC(Nc2cc(C(F)(F)F)nc3ncnn23)CC1. The van der Waals surface area contributed by atoms with Gasteiger partial charge in [0.1, 0.15) is 12.1 Å². The standard InChI is InChI=1S/C15H17F3N6/c1-2-3-6-23-7-4-11(5-8-23)21-13-9-12(15(16,17)18)22-14-19-10-20-24(13)14/h1,9-11,21H,3-8H2. The molecule has 6 nitrogen and oxygen atoms in total. The van der Waals surface area contributed by atoms with Gasteiger partial charge in [-0.3, -0.25) is 0 Å². The molecule has 1 saturated heterocycles. The first-order chi connectivity index (χ1) is 11.5. The molecule has 2 aromatic heterocycles.